The molecule has 3 aromatic rings. The smallest absolute Gasteiger partial charge is 0.248 e. The molecule has 0 fully saturated rings. The quantitative estimate of drug-likeness (QED) is 0.789. The van der Waals surface area contributed by atoms with E-state index < -0.39 is 0 Å². The largest absolute Gasteiger partial charge is 0.322 e. The van der Waals surface area contributed by atoms with Gasteiger partial charge in [0.05, 0.1) is 10.6 Å². The van der Waals surface area contributed by atoms with Crippen molar-refractivity contribution in [3.63, 3.8) is 0 Å². The van der Waals surface area contributed by atoms with E-state index in [9.17, 15) is 0 Å². The fourth-order valence-electron chi connectivity index (χ4n) is 2.57. The van der Waals surface area contributed by atoms with E-state index in [1.165, 1.54) is 16.0 Å². The van der Waals surface area contributed by atoms with Crippen LogP contribution in [0.2, 0.25) is 0 Å². The Bertz CT molecular complexity index is 803. The molecular formula is C15H13N5S. The van der Waals surface area contributed by atoms with Gasteiger partial charge >= 0.3 is 0 Å². The summed E-state index contributed by atoms with van der Waals surface area (Å²) in [6.45, 7) is 2.11. The van der Waals surface area contributed by atoms with Crippen molar-refractivity contribution in [1.82, 2.24) is 20.2 Å². The highest BCUT2D eigenvalue weighted by molar-refractivity contribution is 7.11. The molecule has 104 valence electrons. The maximum absolute atomic E-state index is 4.12. The number of hydrogen-bond acceptors (Lipinski definition) is 5. The second-order valence-electron chi connectivity index (χ2n) is 4.93. The van der Waals surface area contributed by atoms with Crippen LogP contribution in [0.4, 0.5) is 5.95 Å². The van der Waals surface area contributed by atoms with Gasteiger partial charge in [0.2, 0.25) is 5.95 Å². The second-order valence-corrected chi connectivity index (χ2v) is 5.88. The SMILES string of the molecule is Cc1ccccc1C1C=C(c2cccs2)Nc2nnnn21. The van der Waals surface area contributed by atoms with Gasteiger partial charge in [-0.3, -0.25) is 0 Å². The van der Waals surface area contributed by atoms with Crippen molar-refractivity contribution in [2.24, 2.45) is 0 Å². The zero-order chi connectivity index (χ0) is 14.2. The van der Waals surface area contributed by atoms with E-state index in [2.05, 4.69) is 57.4 Å². The molecule has 3 heterocycles. The highest BCUT2D eigenvalue weighted by Crippen LogP contribution is 2.33. The molecular weight excluding hydrogens is 282 g/mol. The van der Waals surface area contributed by atoms with E-state index >= 15 is 0 Å². The predicted octanol–water partition coefficient (Wildman–Crippen LogP) is 3.10. The number of aromatic nitrogens is 4. The molecule has 0 aliphatic carbocycles. The minimum absolute atomic E-state index is 0.00884. The summed E-state index contributed by atoms with van der Waals surface area (Å²) in [6.07, 6.45) is 2.18. The Morgan fingerprint density at radius 2 is 2.10 bits per heavy atom. The van der Waals surface area contributed by atoms with Gasteiger partial charge in [0.15, 0.2) is 0 Å². The number of tetrazole rings is 1. The van der Waals surface area contributed by atoms with Crippen molar-refractivity contribution in [2.45, 2.75) is 13.0 Å². The number of benzene rings is 1. The fraction of sp³-hybridized carbons (Fsp3) is 0.133. The average Bonchev–Trinajstić information content (AvgIpc) is 3.18. The van der Waals surface area contributed by atoms with Gasteiger partial charge in [0.25, 0.3) is 0 Å². The minimum atomic E-state index is 0.00884. The van der Waals surface area contributed by atoms with E-state index in [-0.39, 0.29) is 6.04 Å². The first-order valence-electron chi connectivity index (χ1n) is 6.69. The molecule has 4 rings (SSSR count). The average molecular weight is 295 g/mol. The molecule has 0 spiro atoms. The molecule has 6 heteroatoms. The van der Waals surface area contributed by atoms with Crippen molar-refractivity contribution in [3.05, 3.63) is 63.9 Å². The van der Waals surface area contributed by atoms with E-state index in [0.717, 1.165) is 5.70 Å². The lowest BCUT2D eigenvalue weighted by Crippen LogP contribution is -2.20. The predicted molar refractivity (Wildman–Crippen MR) is 83.1 cm³/mol. The van der Waals surface area contributed by atoms with Gasteiger partial charge in [0, 0.05) is 0 Å². The number of thiophene rings is 1. The van der Waals surface area contributed by atoms with Crippen LogP contribution in [0.5, 0.6) is 0 Å². The molecule has 1 unspecified atom stereocenters. The van der Waals surface area contributed by atoms with E-state index in [1.807, 2.05) is 22.9 Å². The number of aryl methyl sites for hydroxylation is 1. The molecule has 2 aromatic heterocycles. The summed E-state index contributed by atoms with van der Waals surface area (Å²) < 4.78 is 1.82. The van der Waals surface area contributed by atoms with Crippen LogP contribution in [0.1, 0.15) is 22.0 Å². The summed E-state index contributed by atoms with van der Waals surface area (Å²) >= 11 is 1.70. The third kappa shape index (κ3) is 2.04. The topological polar surface area (TPSA) is 55.6 Å². The summed E-state index contributed by atoms with van der Waals surface area (Å²) in [5.41, 5.74) is 3.50. The van der Waals surface area contributed by atoms with Crippen molar-refractivity contribution in [1.29, 1.82) is 0 Å². The van der Waals surface area contributed by atoms with Crippen LogP contribution in [-0.4, -0.2) is 20.2 Å². The summed E-state index contributed by atoms with van der Waals surface area (Å²) in [6, 6.07) is 12.5. The molecule has 5 nitrogen and oxygen atoms in total. The molecule has 21 heavy (non-hydrogen) atoms. The first kappa shape index (κ1) is 12.3. The fourth-order valence-corrected chi connectivity index (χ4v) is 3.28. The van der Waals surface area contributed by atoms with E-state index in [4.69, 9.17) is 0 Å². The van der Waals surface area contributed by atoms with Gasteiger partial charge in [-0.25, -0.2) is 0 Å². The van der Waals surface area contributed by atoms with Crippen LogP contribution in [0.3, 0.4) is 0 Å². The van der Waals surface area contributed by atoms with Crippen LogP contribution in [0, 0.1) is 6.92 Å². The van der Waals surface area contributed by atoms with Gasteiger partial charge in [-0.15, -0.1) is 11.3 Å². The molecule has 0 saturated carbocycles. The van der Waals surface area contributed by atoms with Gasteiger partial charge < -0.3 is 5.32 Å². The molecule has 1 N–H and O–H groups in total. The summed E-state index contributed by atoms with van der Waals surface area (Å²) in [4.78, 5) is 1.18. The van der Waals surface area contributed by atoms with Crippen LogP contribution in [-0.2, 0) is 0 Å². The first-order chi connectivity index (χ1) is 10.3. The summed E-state index contributed by atoms with van der Waals surface area (Å²) in [5, 5.41) is 17.4. The molecule has 1 aliphatic rings. The molecule has 0 bridgehead atoms. The maximum Gasteiger partial charge on any atom is 0.248 e. The minimum Gasteiger partial charge on any atom is -0.322 e. The Labute approximate surface area is 125 Å². The van der Waals surface area contributed by atoms with Gasteiger partial charge in [0.1, 0.15) is 6.04 Å². The Kier molecular flexibility index (Phi) is 2.82. The summed E-state index contributed by atoms with van der Waals surface area (Å²) in [5.74, 6) is 0.675. The van der Waals surface area contributed by atoms with Crippen LogP contribution in [0.25, 0.3) is 5.70 Å². The second kappa shape index (κ2) is 4.82. The number of nitrogens with zero attached hydrogens (tertiary/aromatic N) is 4. The molecule has 0 radical (unpaired) electrons. The Hall–Kier alpha value is -2.47. The lowest BCUT2D eigenvalue weighted by atomic mass is 9.99. The monoisotopic (exact) mass is 295 g/mol. The molecule has 1 aliphatic heterocycles. The van der Waals surface area contributed by atoms with Crippen molar-refractivity contribution in [3.8, 4) is 0 Å². The number of fused-ring (bicyclic) bond motifs is 1. The normalized spacial score (nSPS) is 17.0. The van der Waals surface area contributed by atoms with Crippen LogP contribution < -0.4 is 5.32 Å². The summed E-state index contributed by atoms with van der Waals surface area (Å²) in [7, 11) is 0. The van der Waals surface area contributed by atoms with Crippen molar-refractivity contribution < 1.29 is 0 Å². The zero-order valence-electron chi connectivity index (χ0n) is 11.4. The maximum atomic E-state index is 4.12. The Balaban J connectivity index is 1.87. The lowest BCUT2D eigenvalue weighted by Gasteiger charge is -2.23. The van der Waals surface area contributed by atoms with Gasteiger partial charge in [-0.2, -0.15) is 4.68 Å². The van der Waals surface area contributed by atoms with Gasteiger partial charge in [-0.05, 0) is 46.0 Å². The molecule has 1 aromatic carbocycles. The third-order valence-corrected chi connectivity index (χ3v) is 4.52. The molecule has 0 saturated heterocycles. The standard InChI is InChI=1S/C15H13N5S/c1-10-5-2-3-6-11(10)13-9-12(14-7-4-8-21-14)16-15-17-18-19-20(13)15/h2-9,13H,1H3,(H,16,17,19). The molecule has 0 amide bonds. The molecule has 1 atom stereocenters. The highest BCUT2D eigenvalue weighted by atomic mass is 32.1. The highest BCUT2D eigenvalue weighted by Gasteiger charge is 2.25. The number of hydrogen-bond donors (Lipinski definition) is 1. The number of allylic oxidation sites excluding steroid dienone is 1. The number of anilines is 1. The van der Waals surface area contributed by atoms with Crippen LogP contribution >= 0.6 is 11.3 Å². The van der Waals surface area contributed by atoms with Crippen molar-refractivity contribution >= 4 is 23.0 Å². The van der Waals surface area contributed by atoms with Crippen molar-refractivity contribution in [2.75, 3.05) is 5.32 Å². The van der Waals surface area contributed by atoms with Gasteiger partial charge in [-0.1, -0.05) is 35.4 Å². The van der Waals surface area contributed by atoms with Crippen LogP contribution in [0.15, 0.2) is 47.9 Å². The first-order valence-corrected chi connectivity index (χ1v) is 7.57. The zero-order valence-corrected chi connectivity index (χ0v) is 12.2. The Morgan fingerprint density at radius 1 is 1.19 bits per heavy atom. The third-order valence-electron chi connectivity index (χ3n) is 3.62. The number of rotatable bonds is 2. The lowest BCUT2D eigenvalue weighted by molar-refractivity contribution is 0.584. The van der Waals surface area contributed by atoms with E-state index in [0.29, 0.717) is 5.95 Å². The van der Waals surface area contributed by atoms with E-state index in [1.54, 1.807) is 11.3 Å². The Morgan fingerprint density at radius 3 is 2.90 bits per heavy atom. The number of nitrogens with one attached hydrogen (secondary N) is 1.